The van der Waals surface area contributed by atoms with Crippen LogP contribution in [0.25, 0.3) is 0 Å². The molecular formula is C23H28N6O3. The summed E-state index contributed by atoms with van der Waals surface area (Å²) >= 11 is 0. The SMILES string of the molecule is CN(C)C(=O)[C@@]12CN(C(=O)NCCc3ccccc3)C[C@@H]1CN(C(=O)c1cnccn1)C2. The van der Waals surface area contributed by atoms with Crippen molar-refractivity contribution in [1.29, 1.82) is 0 Å². The van der Waals surface area contributed by atoms with Gasteiger partial charge in [0, 0.05) is 65.1 Å². The summed E-state index contributed by atoms with van der Waals surface area (Å²) in [6.07, 6.45) is 5.17. The van der Waals surface area contributed by atoms with E-state index in [0.717, 1.165) is 12.0 Å². The van der Waals surface area contributed by atoms with Crippen LogP contribution in [0.15, 0.2) is 48.9 Å². The molecule has 4 amide bonds. The number of likely N-dealkylation sites (tertiary alicyclic amines) is 2. The summed E-state index contributed by atoms with van der Waals surface area (Å²) in [6.45, 7) is 1.91. The van der Waals surface area contributed by atoms with Crippen molar-refractivity contribution < 1.29 is 14.4 Å². The lowest BCUT2D eigenvalue weighted by Crippen LogP contribution is -2.49. The van der Waals surface area contributed by atoms with Gasteiger partial charge in [-0.25, -0.2) is 9.78 Å². The van der Waals surface area contributed by atoms with Crippen LogP contribution in [0.5, 0.6) is 0 Å². The van der Waals surface area contributed by atoms with Crippen LogP contribution < -0.4 is 5.32 Å². The average molecular weight is 437 g/mol. The maximum atomic E-state index is 13.2. The first-order valence-electron chi connectivity index (χ1n) is 10.7. The van der Waals surface area contributed by atoms with Crippen LogP contribution in [0.2, 0.25) is 0 Å². The number of nitrogens with zero attached hydrogens (tertiary/aromatic N) is 5. The van der Waals surface area contributed by atoms with E-state index in [9.17, 15) is 14.4 Å². The van der Waals surface area contributed by atoms with Gasteiger partial charge < -0.3 is 20.0 Å². The number of fused-ring (bicyclic) bond motifs is 1. The number of carbonyl (C=O) groups is 3. The first-order valence-corrected chi connectivity index (χ1v) is 10.7. The van der Waals surface area contributed by atoms with E-state index in [0.29, 0.717) is 19.6 Å². The molecule has 4 rings (SSSR count). The number of benzene rings is 1. The number of hydrogen-bond acceptors (Lipinski definition) is 5. The number of urea groups is 1. The second-order valence-corrected chi connectivity index (χ2v) is 8.68. The fourth-order valence-corrected chi connectivity index (χ4v) is 4.76. The molecular weight excluding hydrogens is 408 g/mol. The van der Waals surface area contributed by atoms with Crippen LogP contribution in [-0.2, 0) is 11.2 Å². The quantitative estimate of drug-likeness (QED) is 0.751. The summed E-state index contributed by atoms with van der Waals surface area (Å²) in [6, 6.07) is 9.80. The molecule has 2 fully saturated rings. The van der Waals surface area contributed by atoms with Gasteiger partial charge in [0.15, 0.2) is 0 Å². The minimum atomic E-state index is -0.807. The highest BCUT2D eigenvalue weighted by atomic mass is 16.2. The zero-order valence-corrected chi connectivity index (χ0v) is 18.4. The monoisotopic (exact) mass is 436 g/mol. The standard InChI is InChI=1S/C23H28N6O3/c1-27(2)21(31)23-15-28(20(30)19-12-24-10-11-25-19)13-18(23)14-29(16-23)22(32)26-9-8-17-6-4-3-5-7-17/h3-7,10-12,18H,8-9,13-16H2,1-2H3,(H,26,32)/t18-,23-/m0/s1. The molecule has 0 radical (unpaired) electrons. The van der Waals surface area contributed by atoms with Crippen molar-refractivity contribution in [3.8, 4) is 0 Å². The zero-order chi connectivity index (χ0) is 22.7. The average Bonchev–Trinajstić information content (AvgIpc) is 3.35. The maximum absolute atomic E-state index is 13.2. The van der Waals surface area contributed by atoms with Crippen molar-refractivity contribution in [2.24, 2.45) is 11.3 Å². The molecule has 0 bridgehead atoms. The molecule has 2 aliphatic heterocycles. The van der Waals surface area contributed by atoms with E-state index in [1.54, 1.807) is 28.8 Å². The summed E-state index contributed by atoms with van der Waals surface area (Å²) < 4.78 is 0. The smallest absolute Gasteiger partial charge is 0.317 e. The van der Waals surface area contributed by atoms with Crippen LogP contribution in [-0.4, -0.2) is 89.3 Å². The fraction of sp³-hybridized carbons (Fsp3) is 0.435. The molecule has 9 nitrogen and oxygen atoms in total. The number of rotatable bonds is 5. The Hall–Kier alpha value is -3.49. The van der Waals surface area contributed by atoms with E-state index in [1.807, 2.05) is 30.3 Å². The Morgan fingerprint density at radius 2 is 1.81 bits per heavy atom. The van der Waals surface area contributed by atoms with Crippen molar-refractivity contribution in [2.75, 3.05) is 46.8 Å². The van der Waals surface area contributed by atoms with Gasteiger partial charge in [0.1, 0.15) is 5.69 Å². The van der Waals surface area contributed by atoms with Crippen molar-refractivity contribution in [2.45, 2.75) is 6.42 Å². The predicted molar refractivity (Wildman–Crippen MR) is 118 cm³/mol. The molecule has 9 heteroatoms. The van der Waals surface area contributed by atoms with E-state index < -0.39 is 5.41 Å². The number of hydrogen-bond donors (Lipinski definition) is 1. The second-order valence-electron chi connectivity index (χ2n) is 8.68. The first kappa shape index (κ1) is 21.7. The van der Waals surface area contributed by atoms with Gasteiger partial charge in [-0.3, -0.25) is 14.6 Å². The molecule has 2 aromatic rings. The molecule has 32 heavy (non-hydrogen) atoms. The van der Waals surface area contributed by atoms with Crippen molar-refractivity contribution in [1.82, 2.24) is 30.0 Å². The van der Waals surface area contributed by atoms with Gasteiger partial charge in [-0.2, -0.15) is 0 Å². The number of carbonyl (C=O) groups excluding carboxylic acids is 3. The molecule has 2 atom stereocenters. The van der Waals surface area contributed by atoms with Gasteiger partial charge in [-0.05, 0) is 12.0 Å². The van der Waals surface area contributed by atoms with E-state index in [1.165, 1.54) is 18.6 Å². The van der Waals surface area contributed by atoms with E-state index in [-0.39, 0.29) is 42.5 Å². The van der Waals surface area contributed by atoms with Crippen molar-refractivity contribution >= 4 is 17.8 Å². The fourth-order valence-electron chi connectivity index (χ4n) is 4.76. The van der Waals surface area contributed by atoms with E-state index in [2.05, 4.69) is 15.3 Å². The lowest BCUT2D eigenvalue weighted by molar-refractivity contribution is -0.139. The molecule has 1 aromatic heterocycles. The molecule has 1 aromatic carbocycles. The molecule has 2 aliphatic rings. The Balaban J connectivity index is 1.43. The second kappa shape index (κ2) is 8.94. The third-order valence-corrected chi connectivity index (χ3v) is 6.33. The van der Waals surface area contributed by atoms with Crippen molar-refractivity contribution in [3.05, 3.63) is 60.2 Å². The molecule has 0 spiro atoms. The van der Waals surface area contributed by atoms with Gasteiger partial charge in [0.25, 0.3) is 5.91 Å². The molecule has 2 saturated heterocycles. The minimum Gasteiger partial charge on any atom is -0.348 e. The molecule has 0 unspecified atom stereocenters. The molecule has 3 heterocycles. The summed E-state index contributed by atoms with van der Waals surface area (Å²) in [5.41, 5.74) is 0.608. The normalized spacial score (nSPS) is 21.9. The predicted octanol–water partition coefficient (Wildman–Crippen LogP) is 0.891. The molecule has 1 N–H and O–H groups in total. The van der Waals surface area contributed by atoms with Crippen LogP contribution in [0.3, 0.4) is 0 Å². The van der Waals surface area contributed by atoms with Crippen LogP contribution in [0, 0.1) is 11.3 Å². The Kier molecular flexibility index (Phi) is 6.07. The Morgan fingerprint density at radius 3 is 2.50 bits per heavy atom. The third kappa shape index (κ3) is 4.15. The summed E-state index contributed by atoms with van der Waals surface area (Å²) in [5, 5.41) is 2.97. The highest BCUT2D eigenvalue weighted by molar-refractivity contribution is 5.94. The minimum absolute atomic E-state index is 0.0588. The van der Waals surface area contributed by atoms with Crippen molar-refractivity contribution in [3.63, 3.8) is 0 Å². The number of nitrogens with one attached hydrogen (secondary N) is 1. The summed E-state index contributed by atoms with van der Waals surface area (Å²) in [5.74, 6) is -0.424. The Labute approximate surface area is 187 Å². The van der Waals surface area contributed by atoms with E-state index >= 15 is 0 Å². The topological polar surface area (TPSA) is 98.7 Å². The Bertz CT molecular complexity index is 984. The van der Waals surface area contributed by atoms with Crippen LogP contribution in [0.1, 0.15) is 16.1 Å². The van der Waals surface area contributed by atoms with E-state index in [4.69, 9.17) is 0 Å². The molecule has 168 valence electrons. The van der Waals surface area contributed by atoms with Gasteiger partial charge in [0.05, 0.1) is 11.6 Å². The maximum Gasteiger partial charge on any atom is 0.317 e. The van der Waals surface area contributed by atoms with Gasteiger partial charge in [-0.15, -0.1) is 0 Å². The first-order chi connectivity index (χ1) is 15.4. The highest BCUT2D eigenvalue weighted by Crippen LogP contribution is 2.44. The zero-order valence-electron chi connectivity index (χ0n) is 18.4. The highest BCUT2D eigenvalue weighted by Gasteiger charge is 2.59. The van der Waals surface area contributed by atoms with Gasteiger partial charge in [-0.1, -0.05) is 30.3 Å². The molecule has 0 saturated carbocycles. The lowest BCUT2D eigenvalue weighted by Gasteiger charge is -2.30. The summed E-state index contributed by atoms with van der Waals surface area (Å²) in [4.78, 5) is 52.0. The van der Waals surface area contributed by atoms with Crippen LogP contribution in [0.4, 0.5) is 4.79 Å². The largest absolute Gasteiger partial charge is 0.348 e. The van der Waals surface area contributed by atoms with Gasteiger partial charge >= 0.3 is 6.03 Å². The van der Waals surface area contributed by atoms with Gasteiger partial charge in [0.2, 0.25) is 5.91 Å². The molecule has 0 aliphatic carbocycles. The number of amides is 4. The Morgan fingerprint density at radius 1 is 1.09 bits per heavy atom. The van der Waals surface area contributed by atoms with Crippen LogP contribution >= 0.6 is 0 Å². The summed E-state index contributed by atoms with van der Waals surface area (Å²) in [7, 11) is 3.42. The number of aromatic nitrogens is 2. The lowest BCUT2D eigenvalue weighted by atomic mass is 9.80. The third-order valence-electron chi connectivity index (χ3n) is 6.33.